The van der Waals surface area contributed by atoms with Crippen molar-refractivity contribution in [2.75, 3.05) is 0 Å². The highest BCUT2D eigenvalue weighted by molar-refractivity contribution is 6.33. The first-order chi connectivity index (χ1) is 11.6. The molecule has 0 bridgehead atoms. The van der Waals surface area contributed by atoms with Crippen molar-refractivity contribution in [2.45, 2.75) is 0 Å². The van der Waals surface area contributed by atoms with Gasteiger partial charge in [-0.2, -0.15) is 0 Å². The summed E-state index contributed by atoms with van der Waals surface area (Å²) in [6, 6.07) is 14.5. The number of hydrazine groups is 1. The van der Waals surface area contributed by atoms with Crippen LogP contribution in [0.2, 0.25) is 5.02 Å². The van der Waals surface area contributed by atoms with E-state index in [1.54, 1.807) is 42.5 Å². The van der Waals surface area contributed by atoms with Crippen LogP contribution in [0.15, 0.2) is 59.4 Å². The second-order valence-electron chi connectivity index (χ2n) is 4.98. The van der Waals surface area contributed by atoms with Crippen molar-refractivity contribution >= 4 is 34.3 Å². The van der Waals surface area contributed by atoms with Gasteiger partial charge in [0.05, 0.1) is 16.1 Å². The van der Waals surface area contributed by atoms with Gasteiger partial charge < -0.3 is 4.98 Å². The number of benzene rings is 2. The zero-order chi connectivity index (χ0) is 17.1. The van der Waals surface area contributed by atoms with Crippen molar-refractivity contribution in [1.82, 2.24) is 15.8 Å². The van der Waals surface area contributed by atoms with Gasteiger partial charge in [0.15, 0.2) is 0 Å². The molecule has 0 spiro atoms. The summed E-state index contributed by atoms with van der Waals surface area (Å²) < 4.78 is 0. The van der Waals surface area contributed by atoms with Crippen LogP contribution in [-0.4, -0.2) is 16.8 Å². The molecule has 0 fully saturated rings. The summed E-state index contributed by atoms with van der Waals surface area (Å²) in [5.74, 6) is -1.15. The van der Waals surface area contributed by atoms with Crippen LogP contribution in [0.1, 0.15) is 20.7 Å². The first kappa shape index (κ1) is 15.8. The maximum atomic E-state index is 12.3. The molecule has 0 saturated carbocycles. The molecule has 3 rings (SSSR count). The number of hydrogen-bond donors (Lipinski definition) is 3. The summed E-state index contributed by atoms with van der Waals surface area (Å²) in [4.78, 5) is 38.7. The van der Waals surface area contributed by atoms with E-state index >= 15 is 0 Å². The van der Waals surface area contributed by atoms with Gasteiger partial charge in [0.1, 0.15) is 0 Å². The molecule has 0 aliphatic rings. The Hall–Kier alpha value is -3.12. The number of aromatic nitrogens is 1. The lowest BCUT2D eigenvalue weighted by molar-refractivity contribution is 0.0847. The molecule has 0 aliphatic heterocycles. The van der Waals surface area contributed by atoms with Crippen LogP contribution in [-0.2, 0) is 0 Å². The maximum absolute atomic E-state index is 12.3. The summed E-state index contributed by atoms with van der Waals surface area (Å²) >= 11 is 5.93. The lowest BCUT2D eigenvalue weighted by Crippen LogP contribution is -2.42. The van der Waals surface area contributed by atoms with E-state index in [2.05, 4.69) is 15.8 Å². The summed E-state index contributed by atoms with van der Waals surface area (Å²) in [5, 5.41) is 0.840. The molecule has 0 aliphatic carbocycles. The molecule has 6 nitrogen and oxygen atoms in total. The van der Waals surface area contributed by atoms with Crippen molar-refractivity contribution in [2.24, 2.45) is 0 Å². The second kappa shape index (κ2) is 6.55. The Balaban J connectivity index is 1.82. The fourth-order valence-electron chi connectivity index (χ4n) is 2.29. The lowest BCUT2D eigenvalue weighted by atomic mass is 10.1. The molecule has 0 saturated heterocycles. The third kappa shape index (κ3) is 3.13. The SMILES string of the molecule is O=C(NNC(=O)c1cc(=O)[nH]c2ccccc12)c1ccccc1Cl. The number of nitrogens with one attached hydrogen (secondary N) is 3. The molecule has 120 valence electrons. The molecule has 0 radical (unpaired) electrons. The van der Waals surface area contributed by atoms with E-state index < -0.39 is 17.4 Å². The maximum Gasteiger partial charge on any atom is 0.271 e. The zero-order valence-corrected chi connectivity index (χ0v) is 13.1. The number of carbonyl (C=O) groups excluding carboxylic acids is 2. The topological polar surface area (TPSA) is 91.1 Å². The minimum atomic E-state index is -0.599. The van der Waals surface area contributed by atoms with Crippen LogP contribution in [0.25, 0.3) is 10.9 Å². The molecule has 1 aromatic heterocycles. The van der Waals surface area contributed by atoms with Crippen molar-refractivity contribution in [1.29, 1.82) is 0 Å². The zero-order valence-electron chi connectivity index (χ0n) is 12.3. The van der Waals surface area contributed by atoms with Crippen LogP contribution in [0.4, 0.5) is 0 Å². The first-order valence-electron chi connectivity index (χ1n) is 7.03. The molecule has 7 heteroatoms. The fraction of sp³-hybridized carbons (Fsp3) is 0. The van der Waals surface area contributed by atoms with Crippen molar-refractivity contribution in [3.05, 3.63) is 81.1 Å². The van der Waals surface area contributed by atoms with Gasteiger partial charge in [-0.3, -0.25) is 25.2 Å². The number of rotatable bonds is 2. The average molecular weight is 342 g/mol. The van der Waals surface area contributed by atoms with E-state index in [-0.39, 0.29) is 16.1 Å². The van der Waals surface area contributed by atoms with Gasteiger partial charge in [-0.05, 0) is 18.2 Å². The standard InChI is InChI=1S/C17H12ClN3O3/c18-13-7-3-1-6-11(13)16(23)20-21-17(24)12-9-15(22)19-14-8-4-2-5-10(12)14/h1-9H,(H,19,22)(H,20,23)(H,21,24). The Bertz CT molecular complexity index is 998. The number of aromatic amines is 1. The van der Waals surface area contributed by atoms with Gasteiger partial charge >= 0.3 is 0 Å². The Morgan fingerprint density at radius 3 is 2.25 bits per heavy atom. The number of halogens is 1. The van der Waals surface area contributed by atoms with Gasteiger partial charge in [0.2, 0.25) is 5.56 Å². The minimum absolute atomic E-state index is 0.161. The van der Waals surface area contributed by atoms with Crippen LogP contribution >= 0.6 is 11.6 Å². The Kier molecular flexibility index (Phi) is 4.31. The summed E-state index contributed by atoms with van der Waals surface area (Å²) in [6.07, 6.45) is 0. The number of amides is 2. The highest BCUT2D eigenvalue weighted by Crippen LogP contribution is 2.15. The van der Waals surface area contributed by atoms with Crippen molar-refractivity contribution < 1.29 is 9.59 Å². The number of hydrogen-bond acceptors (Lipinski definition) is 3. The monoisotopic (exact) mass is 341 g/mol. The smallest absolute Gasteiger partial charge is 0.271 e. The molecular weight excluding hydrogens is 330 g/mol. The van der Waals surface area contributed by atoms with E-state index in [0.717, 1.165) is 0 Å². The summed E-state index contributed by atoms with van der Waals surface area (Å²) in [6.45, 7) is 0. The van der Waals surface area contributed by atoms with Gasteiger partial charge in [-0.1, -0.05) is 41.9 Å². The number of carbonyl (C=O) groups is 2. The highest BCUT2D eigenvalue weighted by Gasteiger charge is 2.14. The van der Waals surface area contributed by atoms with Gasteiger partial charge in [0, 0.05) is 17.0 Å². The lowest BCUT2D eigenvalue weighted by Gasteiger charge is -2.10. The van der Waals surface area contributed by atoms with Crippen LogP contribution in [0.5, 0.6) is 0 Å². The fourth-order valence-corrected chi connectivity index (χ4v) is 2.51. The van der Waals surface area contributed by atoms with E-state index in [4.69, 9.17) is 11.6 Å². The Morgan fingerprint density at radius 1 is 0.875 bits per heavy atom. The van der Waals surface area contributed by atoms with Crippen LogP contribution in [0.3, 0.4) is 0 Å². The van der Waals surface area contributed by atoms with Gasteiger partial charge in [-0.15, -0.1) is 0 Å². The highest BCUT2D eigenvalue weighted by atomic mass is 35.5. The Morgan fingerprint density at radius 2 is 1.50 bits per heavy atom. The normalized spacial score (nSPS) is 10.4. The molecule has 2 aromatic carbocycles. The molecule has 3 aromatic rings. The quantitative estimate of drug-likeness (QED) is 0.624. The third-order valence-corrected chi connectivity index (χ3v) is 3.73. The molecular formula is C17H12ClN3O3. The van der Waals surface area contributed by atoms with Gasteiger partial charge in [-0.25, -0.2) is 0 Å². The molecule has 0 atom stereocenters. The number of fused-ring (bicyclic) bond motifs is 1. The second-order valence-corrected chi connectivity index (χ2v) is 5.39. The largest absolute Gasteiger partial charge is 0.322 e. The minimum Gasteiger partial charge on any atom is -0.322 e. The molecule has 3 N–H and O–H groups in total. The van der Waals surface area contributed by atoms with E-state index in [0.29, 0.717) is 10.9 Å². The van der Waals surface area contributed by atoms with Crippen LogP contribution < -0.4 is 16.4 Å². The van der Waals surface area contributed by atoms with Gasteiger partial charge in [0.25, 0.3) is 11.8 Å². The van der Waals surface area contributed by atoms with Crippen LogP contribution in [0, 0.1) is 0 Å². The third-order valence-electron chi connectivity index (χ3n) is 3.40. The van der Waals surface area contributed by atoms with E-state index in [1.807, 2.05) is 0 Å². The summed E-state index contributed by atoms with van der Waals surface area (Å²) in [7, 11) is 0. The average Bonchev–Trinajstić information content (AvgIpc) is 2.59. The predicted octanol–water partition coefficient (Wildman–Crippen LogP) is 2.26. The van der Waals surface area contributed by atoms with Crippen molar-refractivity contribution in [3.63, 3.8) is 0 Å². The number of pyridine rings is 1. The Labute approximate surface area is 141 Å². The van der Waals surface area contributed by atoms with Crippen molar-refractivity contribution in [3.8, 4) is 0 Å². The molecule has 1 heterocycles. The molecule has 24 heavy (non-hydrogen) atoms. The van der Waals surface area contributed by atoms with E-state index in [1.165, 1.54) is 12.1 Å². The molecule has 2 amide bonds. The summed E-state index contributed by atoms with van der Waals surface area (Å²) in [5.41, 5.74) is 5.10. The van der Waals surface area contributed by atoms with E-state index in [9.17, 15) is 14.4 Å². The number of H-pyrrole nitrogens is 1. The predicted molar refractivity (Wildman–Crippen MR) is 91.0 cm³/mol. The first-order valence-corrected chi connectivity index (χ1v) is 7.41. The molecule has 0 unspecified atom stereocenters. The number of para-hydroxylation sites is 1.